The van der Waals surface area contributed by atoms with Gasteiger partial charge >= 0.3 is 5.97 Å². The minimum atomic E-state index is -0.877. The predicted octanol–water partition coefficient (Wildman–Crippen LogP) is 1.55. The van der Waals surface area contributed by atoms with Gasteiger partial charge in [0.25, 0.3) is 5.91 Å². The van der Waals surface area contributed by atoms with E-state index >= 15 is 0 Å². The lowest BCUT2D eigenvalue weighted by Crippen LogP contribution is -2.26. The molecule has 7 heteroatoms. The van der Waals surface area contributed by atoms with E-state index in [4.69, 9.17) is 5.11 Å². The van der Waals surface area contributed by atoms with Crippen LogP contribution in [0.5, 0.6) is 0 Å². The summed E-state index contributed by atoms with van der Waals surface area (Å²) in [6, 6.07) is 3.27. The van der Waals surface area contributed by atoms with Crippen molar-refractivity contribution in [3.63, 3.8) is 0 Å². The standard InChI is InChI=1S/C12H16N2O4S/c1-7(12(17)18)5-6-13-11(16)9-3-4-10(19-9)14-8(2)15/h3-4,7H,5-6H2,1-2H3,(H,13,16)(H,14,15)(H,17,18). The molecule has 0 bridgehead atoms. The first-order valence-electron chi connectivity index (χ1n) is 5.78. The molecule has 0 saturated carbocycles. The van der Waals surface area contributed by atoms with Crippen LogP contribution in [0.1, 0.15) is 29.9 Å². The van der Waals surface area contributed by atoms with E-state index < -0.39 is 11.9 Å². The molecule has 1 unspecified atom stereocenters. The molecule has 0 aliphatic carbocycles. The molecule has 1 rings (SSSR count). The minimum absolute atomic E-state index is 0.191. The number of carboxylic acid groups (broad SMARTS) is 1. The fourth-order valence-corrected chi connectivity index (χ4v) is 2.18. The molecule has 0 saturated heterocycles. The van der Waals surface area contributed by atoms with E-state index in [0.717, 1.165) is 0 Å². The van der Waals surface area contributed by atoms with Gasteiger partial charge in [-0.25, -0.2) is 0 Å². The Morgan fingerprint density at radius 3 is 2.63 bits per heavy atom. The maximum atomic E-state index is 11.7. The summed E-state index contributed by atoms with van der Waals surface area (Å²) in [5.74, 6) is -1.82. The molecule has 2 amide bonds. The number of carboxylic acids is 1. The molecule has 0 aromatic carbocycles. The summed E-state index contributed by atoms with van der Waals surface area (Å²) in [4.78, 5) is 33.7. The molecule has 104 valence electrons. The van der Waals surface area contributed by atoms with Gasteiger partial charge in [-0.2, -0.15) is 0 Å². The van der Waals surface area contributed by atoms with Crippen molar-refractivity contribution in [3.05, 3.63) is 17.0 Å². The summed E-state index contributed by atoms with van der Waals surface area (Å²) in [6.45, 7) is 3.29. The van der Waals surface area contributed by atoms with Crippen molar-refractivity contribution in [1.82, 2.24) is 5.32 Å². The van der Waals surface area contributed by atoms with Crippen molar-refractivity contribution in [1.29, 1.82) is 0 Å². The van der Waals surface area contributed by atoms with Crippen LogP contribution in [0.25, 0.3) is 0 Å². The number of anilines is 1. The van der Waals surface area contributed by atoms with Crippen LogP contribution < -0.4 is 10.6 Å². The maximum absolute atomic E-state index is 11.7. The van der Waals surface area contributed by atoms with E-state index in [9.17, 15) is 14.4 Å². The van der Waals surface area contributed by atoms with Gasteiger partial charge in [0.15, 0.2) is 0 Å². The second-order valence-electron chi connectivity index (χ2n) is 4.13. The highest BCUT2D eigenvalue weighted by atomic mass is 32.1. The summed E-state index contributed by atoms with van der Waals surface area (Å²) in [6.07, 6.45) is 0.380. The molecule has 0 radical (unpaired) electrons. The molecule has 3 N–H and O–H groups in total. The van der Waals surface area contributed by atoms with Crippen LogP contribution in [0, 0.1) is 5.92 Å². The number of thiophene rings is 1. The van der Waals surface area contributed by atoms with Gasteiger partial charge in [0.05, 0.1) is 15.8 Å². The van der Waals surface area contributed by atoms with Crippen LogP contribution in [-0.2, 0) is 9.59 Å². The Kier molecular flexibility index (Phi) is 5.50. The summed E-state index contributed by atoms with van der Waals surface area (Å²) in [7, 11) is 0. The van der Waals surface area contributed by atoms with Gasteiger partial charge in [0, 0.05) is 13.5 Å². The van der Waals surface area contributed by atoms with E-state index in [1.807, 2.05) is 0 Å². The predicted molar refractivity (Wildman–Crippen MR) is 72.4 cm³/mol. The number of rotatable bonds is 6. The van der Waals surface area contributed by atoms with Crippen molar-refractivity contribution in [3.8, 4) is 0 Å². The van der Waals surface area contributed by atoms with Crippen LogP contribution in [0.3, 0.4) is 0 Å². The number of carbonyl (C=O) groups is 3. The molecule has 0 aliphatic heterocycles. The van der Waals surface area contributed by atoms with Crippen molar-refractivity contribution in [2.24, 2.45) is 5.92 Å². The first-order chi connectivity index (χ1) is 8.90. The molecular formula is C12H16N2O4S. The Hall–Kier alpha value is -1.89. The summed E-state index contributed by atoms with van der Waals surface area (Å²) in [5, 5.41) is 14.5. The monoisotopic (exact) mass is 284 g/mol. The average Bonchev–Trinajstić information content (AvgIpc) is 2.76. The van der Waals surface area contributed by atoms with Crippen LogP contribution in [-0.4, -0.2) is 29.4 Å². The van der Waals surface area contributed by atoms with Gasteiger partial charge in [0.2, 0.25) is 5.91 Å². The van der Waals surface area contributed by atoms with Crippen LogP contribution >= 0.6 is 11.3 Å². The average molecular weight is 284 g/mol. The van der Waals surface area contributed by atoms with Gasteiger partial charge in [-0.3, -0.25) is 14.4 Å². The number of nitrogens with one attached hydrogen (secondary N) is 2. The first-order valence-corrected chi connectivity index (χ1v) is 6.60. The fourth-order valence-electron chi connectivity index (χ4n) is 1.31. The summed E-state index contributed by atoms with van der Waals surface area (Å²) < 4.78 is 0. The van der Waals surface area contributed by atoms with E-state index in [1.54, 1.807) is 19.1 Å². The molecule has 1 heterocycles. The summed E-state index contributed by atoms with van der Waals surface area (Å²) >= 11 is 1.17. The molecule has 1 aromatic heterocycles. The zero-order valence-corrected chi connectivity index (χ0v) is 11.5. The van der Waals surface area contributed by atoms with Crippen molar-refractivity contribution in [2.75, 3.05) is 11.9 Å². The maximum Gasteiger partial charge on any atom is 0.306 e. The highest BCUT2D eigenvalue weighted by Crippen LogP contribution is 2.21. The van der Waals surface area contributed by atoms with Gasteiger partial charge in [0.1, 0.15) is 0 Å². The number of aliphatic carboxylic acids is 1. The van der Waals surface area contributed by atoms with E-state index in [1.165, 1.54) is 18.3 Å². The fraction of sp³-hybridized carbons (Fsp3) is 0.417. The number of hydrogen-bond acceptors (Lipinski definition) is 4. The van der Waals surface area contributed by atoms with Crippen LogP contribution in [0.2, 0.25) is 0 Å². The lowest BCUT2D eigenvalue weighted by molar-refractivity contribution is -0.141. The Labute approximate surface area is 114 Å². The highest BCUT2D eigenvalue weighted by molar-refractivity contribution is 7.18. The minimum Gasteiger partial charge on any atom is -0.481 e. The topological polar surface area (TPSA) is 95.5 Å². The zero-order valence-electron chi connectivity index (χ0n) is 10.7. The van der Waals surface area contributed by atoms with E-state index in [-0.39, 0.29) is 11.8 Å². The van der Waals surface area contributed by atoms with Gasteiger partial charge < -0.3 is 15.7 Å². The van der Waals surface area contributed by atoms with Crippen molar-refractivity contribution >= 4 is 34.1 Å². The highest BCUT2D eigenvalue weighted by Gasteiger charge is 2.13. The molecule has 19 heavy (non-hydrogen) atoms. The largest absolute Gasteiger partial charge is 0.481 e. The number of hydrogen-bond donors (Lipinski definition) is 3. The molecule has 0 spiro atoms. The van der Waals surface area contributed by atoms with Crippen LogP contribution in [0.15, 0.2) is 12.1 Å². The molecule has 6 nitrogen and oxygen atoms in total. The number of amides is 2. The Morgan fingerprint density at radius 1 is 1.37 bits per heavy atom. The Balaban J connectivity index is 2.43. The second kappa shape index (κ2) is 6.89. The molecule has 0 fully saturated rings. The Morgan fingerprint density at radius 2 is 2.05 bits per heavy atom. The second-order valence-corrected chi connectivity index (χ2v) is 5.21. The van der Waals surface area contributed by atoms with Crippen molar-refractivity contribution < 1.29 is 19.5 Å². The lowest BCUT2D eigenvalue weighted by atomic mass is 10.1. The van der Waals surface area contributed by atoms with Crippen LogP contribution in [0.4, 0.5) is 5.00 Å². The third kappa shape index (κ3) is 5.09. The van der Waals surface area contributed by atoms with Gasteiger partial charge in [-0.15, -0.1) is 11.3 Å². The smallest absolute Gasteiger partial charge is 0.306 e. The molecule has 1 aromatic rings. The third-order valence-electron chi connectivity index (χ3n) is 2.41. The zero-order chi connectivity index (χ0) is 14.4. The van der Waals surface area contributed by atoms with Crippen molar-refractivity contribution in [2.45, 2.75) is 20.3 Å². The normalized spacial score (nSPS) is 11.7. The van der Waals surface area contributed by atoms with Gasteiger partial charge in [-0.05, 0) is 18.6 Å². The first kappa shape index (κ1) is 15.2. The third-order valence-corrected chi connectivity index (χ3v) is 3.41. The molecular weight excluding hydrogens is 268 g/mol. The lowest BCUT2D eigenvalue weighted by Gasteiger charge is -2.06. The Bertz CT molecular complexity index is 484. The van der Waals surface area contributed by atoms with E-state index in [2.05, 4.69) is 10.6 Å². The quantitative estimate of drug-likeness (QED) is 0.738. The molecule has 1 atom stereocenters. The van der Waals surface area contributed by atoms with E-state index in [0.29, 0.717) is 22.8 Å². The summed E-state index contributed by atoms with van der Waals surface area (Å²) in [5.41, 5.74) is 0. The SMILES string of the molecule is CC(=O)Nc1ccc(C(=O)NCCC(C)C(=O)O)s1. The number of carbonyl (C=O) groups excluding carboxylic acids is 2. The molecule has 0 aliphatic rings. The van der Waals surface area contributed by atoms with Gasteiger partial charge in [-0.1, -0.05) is 6.92 Å².